The maximum Gasteiger partial charge on any atom is 0.130 e. The zero-order valence-electron chi connectivity index (χ0n) is 14.6. The number of aliphatic hydroxyl groups excluding tert-OH is 2. The van der Waals surface area contributed by atoms with Crippen molar-refractivity contribution in [3.8, 4) is 11.5 Å². The molecule has 0 atom stereocenters. The average molecular weight is 332 g/mol. The largest absolute Gasteiger partial charge is 0.457 e. The van der Waals surface area contributed by atoms with Gasteiger partial charge in [-0.2, -0.15) is 0 Å². The molecule has 2 N–H and O–H groups in total. The van der Waals surface area contributed by atoms with Crippen molar-refractivity contribution < 1.29 is 19.7 Å². The summed E-state index contributed by atoms with van der Waals surface area (Å²) in [4.78, 5) is 0. The third-order valence-electron chi connectivity index (χ3n) is 3.40. The smallest absolute Gasteiger partial charge is 0.130 e. The van der Waals surface area contributed by atoms with E-state index in [9.17, 15) is 0 Å². The van der Waals surface area contributed by atoms with E-state index >= 15 is 0 Å². The molecule has 0 amide bonds. The lowest BCUT2D eigenvalue weighted by molar-refractivity contribution is 0.0650. The van der Waals surface area contributed by atoms with Crippen LogP contribution in [0.15, 0.2) is 48.5 Å². The van der Waals surface area contributed by atoms with Gasteiger partial charge in [-0.1, -0.05) is 50.2 Å². The molecule has 0 aliphatic rings. The van der Waals surface area contributed by atoms with Gasteiger partial charge in [0, 0.05) is 0 Å². The van der Waals surface area contributed by atoms with E-state index in [2.05, 4.69) is 42.8 Å². The van der Waals surface area contributed by atoms with Crippen LogP contribution in [0.5, 0.6) is 11.5 Å². The highest BCUT2D eigenvalue weighted by Gasteiger charge is 2.05. The fraction of sp³-hybridized carbons (Fsp3) is 0.400. The molecule has 0 fully saturated rings. The summed E-state index contributed by atoms with van der Waals surface area (Å²) in [6.07, 6.45) is 1.98. The predicted molar refractivity (Wildman–Crippen MR) is 96.7 cm³/mol. The van der Waals surface area contributed by atoms with Crippen molar-refractivity contribution in [2.24, 2.45) is 0 Å². The monoisotopic (exact) mass is 332 g/mol. The van der Waals surface area contributed by atoms with E-state index in [-0.39, 0.29) is 13.2 Å². The molecule has 0 heterocycles. The Bertz CT molecular complexity index is 520. The van der Waals surface area contributed by atoms with Gasteiger partial charge in [-0.25, -0.2) is 0 Å². The van der Waals surface area contributed by atoms with Gasteiger partial charge in [0.05, 0.1) is 26.4 Å². The maximum absolute atomic E-state index is 8.09. The van der Waals surface area contributed by atoms with Crippen molar-refractivity contribution in [3.63, 3.8) is 0 Å². The third kappa shape index (κ3) is 7.13. The molecule has 4 nitrogen and oxygen atoms in total. The lowest BCUT2D eigenvalue weighted by Gasteiger charge is -2.12. The molecule has 0 spiro atoms. The van der Waals surface area contributed by atoms with Gasteiger partial charge in [-0.3, -0.25) is 0 Å². The normalized spacial score (nSPS) is 10.0. The van der Waals surface area contributed by atoms with Gasteiger partial charge in [0.2, 0.25) is 0 Å². The zero-order valence-corrected chi connectivity index (χ0v) is 14.6. The molecule has 2 aromatic rings. The van der Waals surface area contributed by atoms with Gasteiger partial charge in [-0.05, 0) is 36.1 Å². The molecule has 0 aliphatic carbocycles. The van der Waals surface area contributed by atoms with Crippen LogP contribution >= 0.6 is 0 Å². The van der Waals surface area contributed by atoms with Gasteiger partial charge in [0.1, 0.15) is 11.5 Å². The number of para-hydroxylation sites is 2. The van der Waals surface area contributed by atoms with Crippen LogP contribution in [-0.4, -0.2) is 36.6 Å². The number of ether oxygens (including phenoxy) is 2. The Kier molecular flexibility index (Phi) is 10.5. The molecule has 4 heteroatoms. The first-order chi connectivity index (χ1) is 11.8. The Morgan fingerprint density at radius 2 is 1.12 bits per heavy atom. The van der Waals surface area contributed by atoms with Crippen LogP contribution in [0.1, 0.15) is 25.0 Å². The lowest BCUT2D eigenvalue weighted by Crippen LogP contribution is -2.03. The molecule has 132 valence electrons. The van der Waals surface area contributed by atoms with Gasteiger partial charge in [0.15, 0.2) is 0 Å². The fourth-order valence-electron chi connectivity index (χ4n) is 2.14. The molecule has 0 bridgehead atoms. The minimum Gasteiger partial charge on any atom is -0.457 e. The van der Waals surface area contributed by atoms with E-state index in [1.54, 1.807) is 0 Å². The van der Waals surface area contributed by atoms with E-state index in [0.717, 1.165) is 24.3 Å². The second kappa shape index (κ2) is 12.5. The van der Waals surface area contributed by atoms with Crippen molar-refractivity contribution in [3.05, 3.63) is 59.7 Å². The lowest BCUT2D eigenvalue weighted by atomic mass is 10.1. The summed E-state index contributed by atoms with van der Waals surface area (Å²) >= 11 is 0. The van der Waals surface area contributed by atoms with Crippen LogP contribution in [0.4, 0.5) is 0 Å². The maximum atomic E-state index is 8.09. The number of rotatable bonds is 8. The summed E-state index contributed by atoms with van der Waals surface area (Å²) in [5.41, 5.74) is 2.50. The quantitative estimate of drug-likeness (QED) is 0.725. The fourth-order valence-corrected chi connectivity index (χ4v) is 2.14. The Balaban J connectivity index is 0.000000351. The first-order valence-electron chi connectivity index (χ1n) is 8.39. The minimum atomic E-state index is 0.0278. The van der Waals surface area contributed by atoms with Crippen molar-refractivity contribution >= 4 is 0 Å². The molecule has 0 saturated carbocycles. The van der Waals surface area contributed by atoms with Gasteiger partial charge >= 0.3 is 0 Å². The van der Waals surface area contributed by atoms with E-state index in [1.165, 1.54) is 11.1 Å². The first kappa shape index (κ1) is 20.2. The molecule has 2 aromatic carbocycles. The molecule has 0 aliphatic heterocycles. The summed E-state index contributed by atoms with van der Waals surface area (Å²) in [5.74, 6) is 1.94. The van der Waals surface area contributed by atoms with Crippen LogP contribution in [0.2, 0.25) is 0 Å². The molecule has 2 rings (SSSR count). The minimum absolute atomic E-state index is 0.0278. The third-order valence-corrected chi connectivity index (χ3v) is 3.40. The Morgan fingerprint density at radius 1 is 0.708 bits per heavy atom. The summed E-state index contributed by atoms with van der Waals surface area (Å²) < 4.78 is 10.7. The van der Waals surface area contributed by atoms with Gasteiger partial charge in [0.25, 0.3) is 0 Å². The number of benzene rings is 2. The second-order valence-corrected chi connectivity index (χ2v) is 5.08. The highest BCUT2D eigenvalue weighted by molar-refractivity contribution is 5.41. The summed E-state index contributed by atoms with van der Waals surface area (Å²) in [6, 6.07) is 16.4. The Morgan fingerprint density at radius 3 is 1.50 bits per heavy atom. The van der Waals surface area contributed by atoms with Crippen molar-refractivity contribution in [2.45, 2.75) is 26.7 Å². The van der Waals surface area contributed by atoms with Crippen molar-refractivity contribution in [1.29, 1.82) is 0 Å². The summed E-state index contributed by atoms with van der Waals surface area (Å²) in [7, 11) is 0. The molecular formula is C20H28O4. The Hall–Kier alpha value is -1.88. The van der Waals surface area contributed by atoms with Crippen LogP contribution in [0.3, 0.4) is 0 Å². The van der Waals surface area contributed by atoms with Crippen LogP contribution in [0.25, 0.3) is 0 Å². The standard InChI is InChI=1S/C16H18O.C4H10O3/c1-3-13-9-5-7-11-15(13)17-16-12-8-6-10-14(16)4-2;5-1-3-7-4-2-6/h5-12H,3-4H2,1-2H3;5-6H,1-4H2. The van der Waals surface area contributed by atoms with Gasteiger partial charge < -0.3 is 19.7 Å². The van der Waals surface area contributed by atoms with Crippen LogP contribution in [-0.2, 0) is 17.6 Å². The Labute approximate surface area is 144 Å². The van der Waals surface area contributed by atoms with Crippen molar-refractivity contribution in [1.82, 2.24) is 0 Å². The number of aliphatic hydroxyl groups is 2. The van der Waals surface area contributed by atoms with E-state index in [4.69, 9.17) is 14.9 Å². The predicted octanol–water partition coefficient (Wildman–Crippen LogP) is 3.59. The van der Waals surface area contributed by atoms with Crippen molar-refractivity contribution in [2.75, 3.05) is 26.4 Å². The topological polar surface area (TPSA) is 58.9 Å². The number of hydrogen-bond acceptors (Lipinski definition) is 4. The highest BCUT2D eigenvalue weighted by Crippen LogP contribution is 2.28. The first-order valence-corrected chi connectivity index (χ1v) is 8.39. The van der Waals surface area contributed by atoms with E-state index in [0.29, 0.717) is 13.2 Å². The van der Waals surface area contributed by atoms with E-state index in [1.807, 2.05) is 24.3 Å². The second-order valence-electron chi connectivity index (χ2n) is 5.08. The average Bonchev–Trinajstić information content (AvgIpc) is 2.63. The summed E-state index contributed by atoms with van der Waals surface area (Å²) in [6.45, 7) is 4.99. The number of hydrogen-bond donors (Lipinski definition) is 2. The number of aryl methyl sites for hydroxylation is 2. The molecule has 0 saturated heterocycles. The van der Waals surface area contributed by atoms with Crippen LogP contribution < -0.4 is 4.74 Å². The molecule has 0 radical (unpaired) electrons. The molecule has 0 unspecified atom stereocenters. The SMILES string of the molecule is CCc1ccccc1Oc1ccccc1CC.OCCOCCO. The molecule has 24 heavy (non-hydrogen) atoms. The molecular weight excluding hydrogens is 304 g/mol. The summed E-state index contributed by atoms with van der Waals surface area (Å²) in [5, 5.41) is 16.2. The highest BCUT2D eigenvalue weighted by atomic mass is 16.5. The molecule has 0 aromatic heterocycles. The van der Waals surface area contributed by atoms with Gasteiger partial charge in [-0.15, -0.1) is 0 Å². The van der Waals surface area contributed by atoms with E-state index < -0.39 is 0 Å². The van der Waals surface area contributed by atoms with Crippen LogP contribution in [0, 0.1) is 0 Å². The zero-order chi connectivity index (χ0) is 17.6.